The minimum atomic E-state index is -0.522. The first-order chi connectivity index (χ1) is 8.93. The van der Waals surface area contributed by atoms with Crippen LogP contribution in [0.15, 0.2) is 24.3 Å². The van der Waals surface area contributed by atoms with Crippen molar-refractivity contribution in [2.45, 2.75) is 44.8 Å². The molecule has 0 aliphatic carbocycles. The first kappa shape index (κ1) is 14.0. The summed E-state index contributed by atoms with van der Waals surface area (Å²) >= 11 is 0. The Labute approximate surface area is 113 Å². The zero-order valence-corrected chi connectivity index (χ0v) is 11.4. The van der Waals surface area contributed by atoms with Crippen LogP contribution < -0.4 is 0 Å². The Hall–Kier alpha value is -1.42. The van der Waals surface area contributed by atoms with Gasteiger partial charge in [-0.2, -0.15) is 0 Å². The monoisotopic (exact) mass is 265 g/mol. The summed E-state index contributed by atoms with van der Waals surface area (Å²) in [6, 6.07) is 6.52. The van der Waals surface area contributed by atoms with Crippen LogP contribution in [0.2, 0.25) is 0 Å². The molecule has 4 heteroatoms. The Bertz CT molecular complexity index is 473. The van der Waals surface area contributed by atoms with Gasteiger partial charge in [0, 0.05) is 13.0 Å². The molecular weight excluding hydrogens is 245 g/mol. The lowest BCUT2D eigenvalue weighted by Gasteiger charge is -2.33. The van der Waals surface area contributed by atoms with E-state index in [1.165, 1.54) is 6.07 Å². The number of benzene rings is 1. The largest absolute Gasteiger partial charge is 0.391 e. The highest BCUT2D eigenvalue weighted by Crippen LogP contribution is 2.29. The Morgan fingerprint density at radius 1 is 1.47 bits per heavy atom. The summed E-state index contributed by atoms with van der Waals surface area (Å²) < 4.78 is 13.5. The number of halogens is 1. The number of nitrogens with zero attached hydrogens (tertiary/aromatic N) is 1. The lowest BCUT2D eigenvalue weighted by atomic mass is 9.98. The molecule has 1 aliphatic heterocycles. The molecule has 0 aromatic heterocycles. The normalized spacial score (nSPS) is 21.7. The molecule has 1 aromatic rings. The summed E-state index contributed by atoms with van der Waals surface area (Å²) in [5.41, 5.74) is 0.0418. The maximum Gasteiger partial charge on any atom is 0.223 e. The third-order valence-electron chi connectivity index (χ3n) is 4.00. The van der Waals surface area contributed by atoms with E-state index < -0.39 is 11.6 Å². The van der Waals surface area contributed by atoms with Crippen molar-refractivity contribution in [2.24, 2.45) is 0 Å². The topological polar surface area (TPSA) is 40.5 Å². The van der Waals surface area contributed by atoms with Crippen molar-refractivity contribution in [2.75, 3.05) is 6.54 Å². The third-order valence-corrected chi connectivity index (χ3v) is 4.00. The van der Waals surface area contributed by atoms with E-state index in [1.807, 2.05) is 13.8 Å². The van der Waals surface area contributed by atoms with Gasteiger partial charge >= 0.3 is 0 Å². The van der Waals surface area contributed by atoms with E-state index >= 15 is 0 Å². The maximum atomic E-state index is 13.5. The summed E-state index contributed by atoms with van der Waals surface area (Å²) in [5.74, 6) is -0.291. The fraction of sp³-hybridized carbons (Fsp3) is 0.533. The number of carbonyl (C=O) groups excluding carboxylic acids is 1. The van der Waals surface area contributed by atoms with Crippen LogP contribution in [0.1, 0.15) is 32.3 Å². The number of hydrogen-bond acceptors (Lipinski definition) is 2. The van der Waals surface area contributed by atoms with E-state index in [0.29, 0.717) is 24.9 Å². The van der Waals surface area contributed by atoms with Crippen molar-refractivity contribution < 1.29 is 14.3 Å². The SMILES string of the molecule is CC1(C)C(O)CCN1C(=O)CCc1ccccc1F. The summed E-state index contributed by atoms with van der Waals surface area (Å²) in [6.07, 6.45) is 0.800. The quantitative estimate of drug-likeness (QED) is 0.909. The van der Waals surface area contributed by atoms with Crippen LogP contribution in [0.4, 0.5) is 4.39 Å². The second kappa shape index (κ2) is 5.29. The van der Waals surface area contributed by atoms with Gasteiger partial charge in [0.2, 0.25) is 5.91 Å². The van der Waals surface area contributed by atoms with Crippen LogP contribution in [-0.2, 0) is 11.2 Å². The molecule has 1 aromatic carbocycles. The van der Waals surface area contributed by atoms with E-state index in [1.54, 1.807) is 23.1 Å². The second-order valence-corrected chi connectivity index (χ2v) is 5.59. The van der Waals surface area contributed by atoms with Crippen molar-refractivity contribution >= 4 is 5.91 Å². The van der Waals surface area contributed by atoms with Crippen LogP contribution >= 0.6 is 0 Å². The summed E-state index contributed by atoms with van der Waals surface area (Å²) in [7, 11) is 0. The summed E-state index contributed by atoms with van der Waals surface area (Å²) in [5, 5.41) is 9.85. The molecule has 1 atom stereocenters. The Morgan fingerprint density at radius 3 is 2.74 bits per heavy atom. The first-order valence-corrected chi connectivity index (χ1v) is 6.65. The molecule has 0 spiro atoms. The standard InChI is InChI=1S/C15H20FNO2/c1-15(2)13(18)9-10-17(15)14(19)8-7-11-5-3-4-6-12(11)16/h3-6,13,18H,7-10H2,1-2H3. The third kappa shape index (κ3) is 2.78. The number of rotatable bonds is 3. The molecule has 1 aliphatic rings. The van der Waals surface area contributed by atoms with Gasteiger partial charge in [-0.25, -0.2) is 4.39 Å². The van der Waals surface area contributed by atoms with Crippen molar-refractivity contribution in [3.05, 3.63) is 35.6 Å². The molecule has 1 amide bonds. The molecule has 0 saturated carbocycles. The molecule has 1 fully saturated rings. The van der Waals surface area contributed by atoms with Crippen molar-refractivity contribution in [1.82, 2.24) is 4.90 Å². The fourth-order valence-corrected chi connectivity index (χ4v) is 2.60. The van der Waals surface area contributed by atoms with Crippen LogP contribution in [-0.4, -0.2) is 34.1 Å². The Morgan fingerprint density at radius 2 is 2.16 bits per heavy atom. The molecule has 0 bridgehead atoms. The van der Waals surface area contributed by atoms with Gasteiger partial charge in [0.25, 0.3) is 0 Å². The van der Waals surface area contributed by atoms with Gasteiger partial charge in [0.15, 0.2) is 0 Å². The lowest BCUT2D eigenvalue weighted by molar-refractivity contribution is -0.136. The molecule has 19 heavy (non-hydrogen) atoms. The first-order valence-electron chi connectivity index (χ1n) is 6.65. The van der Waals surface area contributed by atoms with E-state index in [0.717, 1.165) is 0 Å². The van der Waals surface area contributed by atoms with E-state index in [4.69, 9.17) is 0 Å². The van der Waals surface area contributed by atoms with Gasteiger partial charge < -0.3 is 10.0 Å². The number of hydrogen-bond donors (Lipinski definition) is 1. The van der Waals surface area contributed by atoms with Crippen molar-refractivity contribution in [3.63, 3.8) is 0 Å². The summed E-state index contributed by atoms with van der Waals surface area (Å²) in [6.45, 7) is 4.31. The highest BCUT2D eigenvalue weighted by Gasteiger charge is 2.42. The van der Waals surface area contributed by atoms with Crippen molar-refractivity contribution in [3.8, 4) is 0 Å². The molecule has 0 radical (unpaired) electrons. The predicted molar refractivity (Wildman–Crippen MR) is 71.1 cm³/mol. The second-order valence-electron chi connectivity index (χ2n) is 5.59. The highest BCUT2D eigenvalue weighted by molar-refractivity contribution is 5.77. The number of carbonyl (C=O) groups is 1. The molecule has 1 N–H and O–H groups in total. The smallest absolute Gasteiger partial charge is 0.223 e. The van der Waals surface area contributed by atoms with Crippen molar-refractivity contribution in [1.29, 1.82) is 0 Å². The van der Waals surface area contributed by atoms with E-state index in [-0.39, 0.29) is 18.1 Å². The van der Waals surface area contributed by atoms with Crippen LogP contribution in [0.3, 0.4) is 0 Å². The van der Waals surface area contributed by atoms with Gasteiger partial charge in [-0.05, 0) is 38.3 Å². The number of aryl methyl sites for hydroxylation is 1. The number of aliphatic hydroxyl groups excluding tert-OH is 1. The number of amides is 1. The van der Waals surface area contributed by atoms with E-state index in [2.05, 4.69) is 0 Å². The predicted octanol–water partition coefficient (Wildman–Crippen LogP) is 2.13. The van der Waals surface area contributed by atoms with E-state index in [9.17, 15) is 14.3 Å². The molecule has 104 valence electrons. The van der Waals surface area contributed by atoms with Gasteiger partial charge in [0.05, 0.1) is 11.6 Å². The van der Waals surface area contributed by atoms with Gasteiger partial charge in [-0.1, -0.05) is 18.2 Å². The molecule has 3 nitrogen and oxygen atoms in total. The molecule has 1 unspecified atom stereocenters. The molecule has 1 saturated heterocycles. The maximum absolute atomic E-state index is 13.5. The zero-order chi connectivity index (χ0) is 14.0. The molecular formula is C15H20FNO2. The van der Waals surface area contributed by atoms with Gasteiger partial charge in [-0.15, -0.1) is 0 Å². The molecule has 2 rings (SSSR count). The minimum Gasteiger partial charge on any atom is -0.391 e. The fourth-order valence-electron chi connectivity index (χ4n) is 2.60. The average Bonchev–Trinajstić information content (AvgIpc) is 2.63. The van der Waals surface area contributed by atoms with Crippen LogP contribution in [0.25, 0.3) is 0 Å². The number of aliphatic hydroxyl groups is 1. The zero-order valence-electron chi connectivity index (χ0n) is 11.4. The van der Waals surface area contributed by atoms with Gasteiger partial charge in [-0.3, -0.25) is 4.79 Å². The highest BCUT2D eigenvalue weighted by atomic mass is 19.1. The lowest BCUT2D eigenvalue weighted by Crippen LogP contribution is -2.48. The Balaban J connectivity index is 1.98. The average molecular weight is 265 g/mol. The summed E-state index contributed by atoms with van der Waals surface area (Å²) in [4.78, 5) is 13.9. The minimum absolute atomic E-state index is 0.0233. The van der Waals surface area contributed by atoms with Gasteiger partial charge in [0.1, 0.15) is 5.82 Å². The molecule has 1 heterocycles. The number of likely N-dealkylation sites (tertiary alicyclic amines) is 1. The van der Waals surface area contributed by atoms with Crippen LogP contribution in [0, 0.1) is 5.82 Å². The van der Waals surface area contributed by atoms with Crippen LogP contribution in [0.5, 0.6) is 0 Å². The Kier molecular flexibility index (Phi) is 3.90.